The van der Waals surface area contributed by atoms with E-state index in [-0.39, 0.29) is 0 Å². The quantitative estimate of drug-likeness (QED) is 0.411. The third-order valence-corrected chi connectivity index (χ3v) is 4.70. The van der Waals surface area contributed by atoms with E-state index in [4.69, 9.17) is 4.99 Å². The maximum Gasteiger partial charge on any atom is 0.191 e. The van der Waals surface area contributed by atoms with Crippen molar-refractivity contribution in [1.29, 1.82) is 0 Å². The van der Waals surface area contributed by atoms with Gasteiger partial charge in [-0.15, -0.1) is 0 Å². The van der Waals surface area contributed by atoms with Gasteiger partial charge >= 0.3 is 0 Å². The molecular weight excluding hydrogens is 260 g/mol. The fourth-order valence-electron chi connectivity index (χ4n) is 3.10. The Kier molecular flexibility index (Phi) is 7.34. The van der Waals surface area contributed by atoms with Crippen LogP contribution in [0.4, 0.5) is 0 Å². The molecule has 21 heavy (non-hydrogen) atoms. The zero-order valence-electron chi connectivity index (χ0n) is 14.0. The summed E-state index contributed by atoms with van der Waals surface area (Å²) in [5.41, 5.74) is 0. The number of piperidine rings is 1. The van der Waals surface area contributed by atoms with Gasteiger partial charge in [-0.3, -0.25) is 4.99 Å². The molecule has 4 nitrogen and oxygen atoms in total. The minimum atomic E-state index is 0.771. The lowest BCUT2D eigenvalue weighted by Gasteiger charge is -2.33. The first-order chi connectivity index (χ1) is 10.3. The van der Waals surface area contributed by atoms with Gasteiger partial charge in [-0.1, -0.05) is 19.3 Å². The van der Waals surface area contributed by atoms with Crippen LogP contribution in [0.25, 0.3) is 0 Å². The molecule has 1 aliphatic carbocycles. The Morgan fingerprint density at radius 2 is 2.05 bits per heavy atom. The molecule has 0 aromatic rings. The first-order valence-corrected chi connectivity index (χ1v) is 9.06. The van der Waals surface area contributed by atoms with Crippen molar-refractivity contribution in [2.45, 2.75) is 64.8 Å². The first kappa shape index (κ1) is 16.6. The van der Waals surface area contributed by atoms with Crippen LogP contribution in [0.2, 0.25) is 0 Å². The number of aliphatic imine (C=N–C) groups is 1. The van der Waals surface area contributed by atoms with E-state index >= 15 is 0 Å². The molecule has 2 fully saturated rings. The van der Waals surface area contributed by atoms with Crippen molar-refractivity contribution in [3.05, 3.63) is 0 Å². The standard InChI is InChI=1S/C17H34N4/c1-3-18-17(20-12-10-16-8-9-16)19-11-6-14-21-13-5-4-7-15(21)2/h15-16H,3-14H2,1-2H3,(H2,18,19,20). The number of rotatable bonds is 8. The summed E-state index contributed by atoms with van der Waals surface area (Å²) in [6, 6.07) is 0.771. The number of likely N-dealkylation sites (tertiary alicyclic amines) is 1. The molecule has 0 spiro atoms. The van der Waals surface area contributed by atoms with Crippen LogP contribution in [0.3, 0.4) is 0 Å². The van der Waals surface area contributed by atoms with Crippen LogP contribution < -0.4 is 10.6 Å². The molecule has 4 heteroatoms. The van der Waals surface area contributed by atoms with Crippen LogP contribution in [0.5, 0.6) is 0 Å². The van der Waals surface area contributed by atoms with Crippen LogP contribution in [0.1, 0.15) is 58.8 Å². The fourth-order valence-corrected chi connectivity index (χ4v) is 3.10. The van der Waals surface area contributed by atoms with Gasteiger partial charge in [-0.25, -0.2) is 0 Å². The van der Waals surface area contributed by atoms with Gasteiger partial charge in [-0.2, -0.15) is 0 Å². The molecule has 1 heterocycles. The zero-order chi connectivity index (χ0) is 14.9. The number of guanidine groups is 1. The van der Waals surface area contributed by atoms with Gasteiger partial charge in [0, 0.05) is 32.2 Å². The van der Waals surface area contributed by atoms with E-state index in [9.17, 15) is 0 Å². The fraction of sp³-hybridized carbons (Fsp3) is 0.941. The van der Waals surface area contributed by atoms with Crippen molar-refractivity contribution in [1.82, 2.24) is 15.5 Å². The minimum Gasteiger partial charge on any atom is -0.357 e. The molecule has 0 aromatic carbocycles. The number of nitrogens with one attached hydrogen (secondary N) is 2. The maximum absolute atomic E-state index is 4.71. The average molecular weight is 294 g/mol. The van der Waals surface area contributed by atoms with Gasteiger partial charge in [0.1, 0.15) is 0 Å². The van der Waals surface area contributed by atoms with Crippen molar-refractivity contribution >= 4 is 5.96 Å². The Morgan fingerprint density at radius 3 is 2.76 bits per heavy atom. The molecule has 1 unspecified atom stereocenters. The summed E-state index contributed by atoms with van der Waals surface area (Å²) in [4.78, 5) is 7.34. The van der Waals surface area contributed by atoms with Crippen molar-refractivity contribution in [3.8, 4) is 0 Å². The first-order valence-electron chi connectivity index (χ1n) is 9.06. The van der Waals surface area contributed by atoms with Gasteiger partial charge < -0.3 is 15.5 Å². The third kappa shape index (κ3) is 6.68. The Bertz CT molecular complexity index is 312. The molecule has 0 radical (unpaired) electrons. The summed E-state index contributed by atoms with van der Waals surface area (Å²) < 4.78 is 0. The summed E-state index contributed by atoms with van der Waals surface area (Å²) in [5, 5.41) is 6.81. The van der Waals surface area contributed by atoms with E-state index in [2.05, 4.69) is 29.4 Å². The van der Waals surface area contributed by atoms with E-state index in [0.29, 0.717) is 0 Å². The van der Waals surface area contributed by atoms with Crippen molar-refractivity contribution in [2.75, 3.05) is 32.7 Å². The molecule has 2 aliphatic rings. The maximum atomic E-state index is 4.71. The van der Waals surface area contributed by atoms with Crippen molar-refractivity contribution in [2.24, 2.45) is 10.9 Å². The predicted octanol–water partition coefficient (Wildman–Crippen LogP) is 2.61. The molecule has 1 saturated heterocycles. The predicted molar refractivity (Wildman–Crippen MR) is 90.8 cm³/mol. The third-order valence-electron chi connectivity index (χ3n) is 4.70. The zero-order valence-corrected chi connectivity index (χ0v) is 14.0. The largest absolute Gasteiger partial charge is 0.357 e. The van der Waals surface area contributed by atoms with Crippen LogP contribution in [0, 0.1) is 5.92 Å². The molecule has 0 aromatic heterocycles. The topological polar surface area (TPSA) is 39.7 Å². The SMILES string of the molecule is CCNC(=NCCCN1CCCCC1C)NCCC1CC1. The highest BCUT2D eigenvalue weighted by atomic mass is 15.2. The second-order valence-electron chi connectivity index (χ2n) is 6.65. The van der Waals surface area contributed by atoms with Gasteiger partial charge in [-0.05, 0) is 52.0 Å². The molecular formula is C17H34N4. The Balaban J connectivity index is 1.61. The van der Waals surface area contributed by atoms with Crippen LogP contribution in [-0.2, 0) is 0 Å². The van der Waals surface area contributed by atoms with Crippen LogP contribution in [-0.4, -0.2) is 49.6 Å². The van der Waals surface area contributed by atoms with E-state index in [0.717, 1.165) is 37.6 Å². The molecule has 2 rings (SSSR count). The molecule has 1 aliphatic heterocycles. The highest BCUT2D eigenvalue weighted by Crippen LogP contribution is 2.31. The number of nitrogens with zero attached hydrogens (tertiary/aromatic N) is 2. The molecule has 0 bridgehead atoms. The second-order valence-corrected chi connectivity index (χ2v) is 6.65. The molecule has 0 amide bonds. The number of hydrogen-bond donors (Lipinski definition) is 2. The molecule has 2 N–H and O–H groups in total. The Morgan fingerprint density at radius 1 is 1.19 bits per heavy atom. The highest BCUT2D eigenvalue weighted by molar-refractivity contribution is 5.79. The van der Waals surface area contributed by atoms with Crippen LogP contribution in [0.15, 0.2) is 4.99 Å². The lowest BCUT2D eigenvalue weighted by molar-refractivity contribution is 0.160. The van der Waals surface area contributed by atoms with Gasteiger partial charge in [0.2, 0.25) is 0 Å². The van der Waals surface area contributed by atoms with E-state index < -0.39 is 0 Å². The summed E-state index contributed by atoms with van der Waals surface area (Å²) in [5.74, 6) is 1.99. The smallest absolute Gasteiger partial charge is 0.191 e. The Labute approximate surface area is 130 Å². The van der Waals surface area contributed by atoms with E-state index in [1.807, 2.05) is 0 Å². The molecule has 1 atom stereocenters. The summed E-state index contributed by atoms with van der Waals surface area (Å²) in [6.07, 6.45) is 9.49. The summed E-state index contributed by atoms with van der Waals surface area (Å²) >= 11 is 0. The Hall–Kier alpha value is -0.770. The van der Waals surface area contributed by atoms with Gasteiger partial charge in [0.05, 0.1) is 0 Å². The molecule has 122 valence electrons. The normalized spacial score (nSPS) is 24.1. The van der Waals surface area contributed by atoms with Gasteiger partial charge in [0.15, 0.2) is 5.96 Å². The van der Waals surface area contributed by atoms with Crippen LogP contribution >= 0.6 is 0 Å². The second kappa shape index (κ2) is 9.29. The van der Waals surface area contributed by atoms with E-state index in [1.165, 1.54) is 58.0 Å². The van der Waals surface area contributed by atoms with Crippen molar-refractivity contribution < 1.29 is 0 Å². The lowest BCUT2D eigenvalue weighted by atomic mass is 10.0. The monoisotopic (exact) mass is 294 g/mol. The number of hydrogen-bond acceptors (Lipinski definition) is 2. The average Bonchev–Trinajstić information content (AvgIpc) is 3.29. The summed E-state index contributed by atoms with van der Waals surface area (Å²) in [7, 11) is 0. The van der Waals surface area contributed by atoms with E-state index in [1.54, 1.807) is 0 Å². The lowest BCUT2D eigenvalue weighted by Crippen LogP contribution is -2.39. The van der Waals surface area contributed by atoms with Gasteiger partial charge in [0.25, 0.3) is 0 Å². The highest BCUT2D eigenvalue weighted by Gasteiger charge is 2.20. The minimum absolute atomic E-state index is 0.771. The molecule has 1 saturated carbocycles. The van der Waals surface area contributed by atoms with Crippen molar-refractivity contribution in [3.63, 3.8) is 0 Å². The summed E-state index contributed by atoms with van der Waals surface area (Å²) in [6.45, 7) is 9.93.